The molecule has 0 aliphatic rings. The largest absolute Gasteiger partial charge is 0.436 e. The molecule has 0 saturated heterocycles. The Hall–Kier alpha value is -5.97. The summed E-state index contributed by atoms with van der Waals surface area (Å²) in [6.07, 6.45) is 0. The lowest BCUT2D eigenvalue weighted by atomic mass is 10.0. The first-order valence-electron chi connectivity index (χ1n) is 15.7. The van der Waals surface area contributed by atoms with E-state index >= 15 is 0 Å². The zero-order valence-electron chi connectivity index (χ0n) is 25.4. The van der Waals surface area contributed by atoms with Crippen LogP contribution in [0.1, 0.15) is 0 Å². The van der Waals surface area contributed by atoms with Crippen LogP contribution in [0.2, 0.25) is 0 Å². The van der Waals surface area contributed by atoms with Crippen LogP contribution in [0.15, 0.2) is 174 Å². The van der Waals surface area contributed by atoms with Gasteiger partial charge in [0.25, 0.3) is 0 Å². The number of aromatic nitrogens is 1. The summed E-state index contributed by atoms with van der Waals surface area (Å²) in [5, 5.41) is 2.31. The average molecular weight is 621 g/mol. The Kier molecular flexibility index (Phi) is 6.65. The summed E-state index contributed by atoms with van der Waals surface area (Å²) in [6, 6.07) is 59.6. The molecule has 47 heavy (non-hydrogen) atoms. The van der Waals surface area contributed by atoms with Gasteiger partial charge in [-0.05, 0) is 64.7 Å². The maximum absolute atomic E-state index is 6.56. The molecule has 0 bridgehead atoms. The highest BCUT2D eigenvalue weighted by atomic mass is 32.1. The molecule has 4 heteroatoms. The molecule has 9 aromatic rings. The first kappa shape index (κ1) is 27.3. The van der Waals surface area contributed by atoms with Gasteiger partial charge in [0.05, 0.1) is 10.4 Å². The van der Waals surface area contributed by atoms with Crippen molar-refractivity contribution in [3.8, 4) is 33.7 Å². The van der Waals surface area contributed by atoms with Gasteiger partial charge in [-0.1, -0.05) is 121 Å². The van der Waals surface area contributed by atoms with E-state index in [0.29, 0.717) is 5.89 Å². The molecule has 0 unspecified atom stereocenters. The number of anilines is 3. The Morgan fingerprint density at radius 2 is 0.979 bits per heavy atom. The van der Waals surface area contributed by atoms with Crippen molar-refractivity contribution in [2.24, 2.45) is 0 Å². The molecule has 0 radical (unpaired) electrons. The van der Waals surface area contributed by atoms with E-state index in [-0.39, 0.29) is 0 Å². The summed E-state index contributed by atoms with van der Waals surface area (Å²) in [5.74, 6) is 0.625. The van der Waals surface area contributed by atoms with E-state index < -0.39 is 0 Å². The fourth-order valence-electron chi connectivity index (χ4n) is 6.42. The molecule has 9 rings (SSSR count). The third kappa shape index (κ3) is 4.87. The number of nitrogens with zero attached hydrogens (tertiary/aromatic N) is 2. The minimum absolute atomic E-state index is 0.625. The van der Waals surface area contributed by atoms with Gasteiger partial charge in [0.2, 0.25) is 5.89 Å². The maximum atomic E-state index is 6.56. The molecule has 0 spiro atoms. The van der Waals surface area contributed by atoms with Crippen LogP contribution < -0.4 is 4.90 Å². The standard InChI is InChI=1S/C43H28N2OS/c1-4-12-29(13-5-1)31-20-24-34(25-21-31)45(35-26-22-32(23-27-35)30-14-6-2-7-15-30)37-28-38-41(44-43(46-38)33-16-8-3-9-17-33)40-36-18-10-11-19-39(36)47-42(37)40/h1-28H. The number of hydrogen-bond acceptors (Lipinski definition) is 4. The third-order valence-corrected chi connectivity index (χ3v) is 9.91. The topological polar surface area (TPSA) is 29.3 Å². The van der Waals surface area contributed by atoms with E-state index in [9.17, 15) is 0 Å². The van der Waals surface area contributed by atoms with Crippen molar-refractivity contribution >= 4 is 59.7 Å². The lowest BCUT2D eigenvalue weighted by Gasteiger charge is -2.26. The molecule has 0 aliphatic heterocycles. The van der Waals surface area contributed by atoms with Crippen LogP contribution in [-0.2, 0) is 0 Å². The minimum atomic E-state index is 0.625. The molecular weight excluding hydrogens is 593 g/mol. The molecule has 222 valence electrons. The second-order valence-corrected chi connectivity index (χ2v) is 12.6. The summed E-state index contributed by atoms with van der Waals surface area (Å²) in [7, 11) is 0. The van der Waals surface area contributed by atoms with E-state index in [2.05, 4.69) is 144 Å². The lowest BCUT2D eigenvalue weighted by Crippen LogP contribution is -2.10. The van der Waals surface area contributed by atoms with Gasteiger partial charge in [-0.25, -0.2) is 4.98 Å². The zero-order valence-corrected chi connectivity index (χ0v) is 26.2. The normalized spacial score (nSPS) is 11.4. The number of benzene rings is 7. The number of hydrogen-bond donors (Lipinski definition) is 0. The van der Waals surface area contributed by atoms with Crippen molar-refractivity contribution in [3.05, 3.63) is 170 Å². The van der Waals surface area contributed by atoms with Gasteiger partial charge in [0.15, 0.2) is 5.58 Å². The van der Waals surface area contributed by atoms with Crippen LogP contribution in [0.4, 0.5) is 17.1 Å². The van der Waals surface area contributed by atoms with Gasteiger partial charge in [-0.2, -0.15) is 0 Å². The van der Waals surface area contributed by atoms with Gasteiger partial charge in [0, 0.05) is 38.5 Å². The van der Waals surface area contributed by atoms with Crippen molar-refractivity contribution in [3.63, 3.8) is 0 Å². The van der Waals surface area contributed by atoms with Crippen molar-refractivity contribution in [2.75, 3.05) is 4.90 Å². The molecule has 0 saturated carbocycles. The second kappa shape index (κ2) is 11.4. The van der Waals surface area contributed by atoms with Crippen molar-refractivity contribution in [1.29, 1.82) is 0 Å². The van der Waals surface area contributed by atoms with Gasteiger partial charge in [-0.15, -0.1) is 11.3 Å². The highest BCUT2D eigenvalue weighted by molar-refractivity contribution is 7.26. The van der Waals surface area contributed by atoms with Crippen molar-refractivity contribution < 1.29 is 4.42 Å². The van der Waals surface area contributed by atoms with E-state index in [0.717, 1.165) is 39.1 Å². The van der Waals surface area contributed by atoms with E-state index in [1.54, 1.807) is 11.3 Å². The summed E-state index contributed by atoms with van der Waals surface area (Å²) in [6.45, 7) is 0. The van der Waals surface area contributed by atoms with E-state index in [1.807, 2.05) is 30.3 Å². The Morgan fingerprint density at radius 1 is 0.489 bits per heavy atom. The molecule has 0 atom stereocenters. The zero-order chi connectivity index (χ0) is 31.2. The minimum Gasteiger partial charge on any atom is -0.436 e. The van der Waals surface area contributed by atoms with Crippen LogP contribution in [0.3, 0.4) is 0 Å². The van der Waals surface area contributed by atoms with Gasteiger partial charge >= 0.3 is 0 Å². The summed E-state index contributed by atoms with van der Waals surface area (Å²) < 4.78 is 8.96. The second-order valence-electron chi connectivity index (χ2n) is 11.6. The number of rotatable bonds is 6. The van der Waals surface area contributed by atoms with Gasteiger partial charge < -0.3 is 9.32 Å². The summed E-state index contributed by atoms with van der Waals surface area (Å²) in [4.78, 5) is 7.44. The first-order valence-corrected chi connectivity index (χ1v) is 16.5. The number of thiophene rings is 1. The fraction of sp³-hybridized carbons (Fsp3) is 0. The fourth-order valence-corrected chi connectivity index (χ4v) is 7.63. The highest BCUT2D eigenvalue weighted by Gasteiger charge is 2.23. The Balaban J connectivity index is 1.28. The van der Waals surface area contributed by atoms with Crippen molar-refractivity contribution in [1.82, 2.24) is 4.98 Å². The Labute approximate surface area is 276 Å². The van der Waals surface area contributed by atoms with Crippen LogP contribution in [-0.4, -0.2) is 4.98 Å². The lowest BCUT2D eigenvalue weighted by molar-refractivity contribution is 0.620. The number of oxazole rings is 1. The molecule has 0 N–H and O–H groups in total. The molecule has 7 aromatic carbocycles. The van der Waals surface area contributed by atoms with Crippen LogP contribution in [0.5, 0.6) is 0 Å². The molecule has 0 fully saturated rings. The quantitative estimate of drug-likeness (QED) is 0.185. The Morgan fingerprint density at radius 3 is 1.55 bits per heavy atom. The van der Waals surface area contributed by atoms with Crippen LogP contribution in [0, 0.1) is 0 Å². The highest BCUT2D eigenvalue weighted by Crippen LogP contribution is 2.48. The average Bonchev–Trinajstić information content (AvgIpc) is 3.76. The molecule has 0 aliphatic carbocycles. The van der Waals surface area contributed by atoms with Crippen LogP contribution >= 0.6 is 11.3 Å². The number of fused-ring (bicyclic) bond motifs is 5. The first-order chi connectivity index (χ1) is 23.3. The molecule has 0 amide bonds. The summed E-state index contributed by atoms with van der Waals surface area (Å²) >= 11 is 1.80. The predicted molar refractivity (Wildman–Crippen MR) is 198 cm³/mol. The van der Waals surface area contributed by atoms with Crippen LogP contribution in [0.25, 0.3) is 65.0 Å². The monoisotopic (exact) mass is 620 g/mol. The van der Waals surface area contributed by atoms with E-state index in [1.165, 1.54) is 37.0 Å². The molecular formula is C43H28N2OS. The van der Waals surface area contributed by atoms with Crippen molar-refractivity contribution in [2.45, 2.75) is 0 Å². The molecule has 2 heterocycles. The molecule has 3 nitrogen and oxygen atoms in total. The SMILES string of the molecule is c1ccc(-c2ccc(N(c3ccc(-c4ccccc4)cc3)c3cc4oc(-c5ccccc5)nc4c4c3sc3ccccc34)cc2)cc1. The maximum Gasteiger partial charge on any atom is 0.227 e. The molecule has 2 aromatic heterocycles. The smallest absolute Gasteiger partial charge is 0.227 e. The van der Waals surface area contributed by atoms with Gasteiger partial charge in [-0.3, -0.25) is 0 Å². The Bertz CT molecular complexity index is 2400. The third-order valence-electron chi connectivity index (χ3n) is 8.71. The summed E-state index contributed by atoms with van der Waals surface area (Å²) in [5.41, 5.74) is 10.6. The predicted octanol–water partition coefficient (Wildman–Crippen LogP) is 12.7. The van der Waals surface area contributed by atoms with E-state index in [4.69, 9.17) is 9.40 Å². The van der Waals surface area contributed by atoms with Gasteiger partial charge in [0.1, 0.15) is 5.52 Å².